The van der Waals surface area contributed by atoms with Crippen LogP contribution in [0.4, 0.5) is 0 Å². The van der Waals surface area contributed by atoms with Crippen LogP contribution in [0, 0.1) is 39.9 Å². The van der Waals surface area contributed by atoms with Gasteiger partial charge in [0.2, 0.25) is 0 Å². The molecule has 0 radical (unpaired) electrons. The van der Waals surface area contributed by atoms with Crippen LogP contribution in [0.3, 0.4) is 0 Å². The van der Waals surface area contributed by atoms with E-state index in [1.165, 1.54) is 0 Å². The molecule has 0 bridgehead atoms. The van der Waals surface area contributed by atoms with Gasteiger partial charge in [-0.2, -0.15) is 5.26 Å². The van der Waals surface area contributed by atoms with Gasteiger partial charge in [-0.1, -0.05) is 19.4 Å². The highest BCUT2D eigenvalue weighted by Gasteiger charge is 2.66. The molecule has 6 atom stereocenters. The molecule has 128 valence electrons. The van der Waals surface area contributed by atoms with E-state index in [1.807, 2.05) is 6.92 Å². The van der Waals surface area contributed by atoms with Gasteiger partial charge in [-0.05, 0) is 55.4 Å². The number of allylic oxidation sites excluding steroid dienone is 1. The average Bonchev–Trinajstić information content (AvgIpc) is 2.79. The molecule has 0 aromatic carbocycles. The van der Waals surface area contributed by atoms with Crippen molar-refractivity contribution in [2.75, 3.05) is 0 Å². The molecule has 1 N–H and O–H groups in total. The fraction of sp³-hybridized carbons (Fsp3) is 0.750. The lowest BCUT2D eigenvalue weighted by molar-refractivity contribution is -0.153. The number of nitriles is 1. The summed E-state index contributed by atoms with van der Waals surface area (Å²) >= 11 is 0. The summed E-state index contributed by atoms with van der Waals surface area (Å²) in [6.45, 7) is 4.11. The van der Waals surface area contributed by atoms with E-state index in [9.17, 15) is 20.0 Å². The molecule has 4 nitrogen and oxygen atoms in total. The number of hydrogen-bond donors (Lipinski definition) is 1. The first-order valence-electron chi connectivity index (χ1n) is 9.15. The Kier molecular flexibility index (Phi) is 3.20. The molecule has 3 saturated carbocycles. The maximum absolute atomic E-state index is 13.2. The highest BCUT2D eigenvalue weighted by molar-refractivity contribution is 5.93. The van der Waals surface area contributed by atoms with Crippen LogP contribution in [-0.2, 0) is 9.59 Å². The zero-order valence-electron chi connectivity index (χ0n) is 14.5. The highest BCUT2D eigenvalue weighted by Crippen LogP contribution is 2.66. The van der Waals surface area contributed by atoms with E-state index in [2.05, 4.69) is 13.0 Å². The Morgan fingerprint density at radius 1 is 1.21 bits per heavy atom. The van der Waals surface area contributed by atoms with Crippen LogP contribution < -0.4 is 0 Å². The monoisotopic (exact) mass is 327 g/mol. The summed E-state index contributed by atoms with van der Waals surface area (Å²) in [7, 11) is 0. The molecule has 0 heterocycles. The molecule has 3 unspecified atom stereocenters. The zero-order valence-corrected chi connectivity index (χ0v) is 14.5. The van der Waals surface area contributed by atoms with Gasteiger partial charge in [0.05, 0.1) is 6.07 Å². The normalized spacial score (nSPS) is 50.4. The van der Waals surface area contributed by atoms with Gasteiger partial charge in [-0.15, -0.1) is 0 Å². The molecule has 0 aromatic rings. The Labute approximate surface area is 142 Å². The standard InChI is InChI=1S/C20H25NO3/c1-18-7-5-13(22)9-12(18)3-4-14-15-6-8-20(24,11-21)19(15,2)10-16(23)17(14)18/h9,14-15,17,24H,3-8,10H2,1-2H3/t14?,15?,17?,18-,19-,20-/m0/s1. The lowest BCUT2D eigenvalue weighted by Gasteiger charge is -2.57. The van der Waals surface area contributed by atoms with Crippen molar-refractivity contribution in [1.29, 1.82) is 5.26 Å². The fourth-order valence-corrected chi connectivity index (χ4v) is 6.57. The number of aliphatic hydroxyl groups is 1. The summed E-state index contributed by atoms with van der Waals surface area (Å²) in [4.78, 5) is 25.0. The number of carbonyl (C=O) groups is 2. The minimum atomic E-state index is -1.38. The van der Waals surface area contributed by atoms with Crippen molar-refractivity contribution in [3.63, 3.8) is 0 Å². The molecule has 4 aliphatic rings. The molecule has 4 rings (SSSR count). The lowest BCUT2D eigenvalue weighted by Crippen LogP contribution is -2.58. The Morgan fingerprint density at radius 3 is 2.67 bits per heavy atom. The van der Waals surface area contributed by atoms with Gasteiger partial charge < -0.3 is 5.11 Å². The van der Waals surface area contributed by atoms with E-state index in [0.29, 0.717) is 19.3 Å². The number of fused-ring (bicyclic) bond motifs is 5. The second kappa shape index (κ2) is 4.79. The van der Waals surface area contributed by atoms with Gasteiger partial charge in [-0.25, -0.2) is 0 Å². The summed E-state index contributed by atoms with van der Waals surface area (Å²) in [6.07, 6.45) is 6.43. The van der Waals surface area contributed by atoms with Crippen molar-refractivity contribution in [2.24, 2.45) is 28.6 Å². The molecule has 24 heavy (non-hydrogen) atoms. The predicted molar refractivity (Wildman–Crippen MR) is 87.7 cm³/mol. The van der Waals surface area contributed by atoms with Crippen LogP contribution in [0.15, 0.2) is 11.6 Å². The van der Waals surface area contributed by atoms with Gasteiger partial charge in [0.1, 0.15) is 5.78 Å². The first kappa shape index (κ1) is 16.0. The molecule has 3 fully saturated rings. The Hall–Kier alpha value is -1.47. The van der Waals surface area contributed by atoms with Gasteiger partial charge in [0.25, 0.3) is 0 Å². The van der Waals surface area contributed by atoms with Gasteiger partial charge >= 0.3 is 0 Å². The van der Waals surface area contributed by atoms with Crippen LogP contribution >= 0.6 is 0 Å². The quantitative estimate of drug-likeness (QED) is 0.694. The highest BCUT2D eigenvalue weighted by atomic mass is 16.3. The van der Waals surface area contributed by atoms with Crippen LogP contribution in [0.5, 0.6) is 0 Å². The third-order valence-corrected chi connectivity index (χ3v) is 7.99. The second-order valence-electron chi connectivity index (χ2n) is 8.91. The number of rotatable bonds is 0. The van der Waals surface area contributed by atoms with Crippen molar-refractivity contribution in [3.05, 3.63) is 11.6 Å². The fourth-order valence-electron chi connectivity index (χ4n) is 6.57. The van der Waals surface area contributed by atoms with Gasteiger partial charge in [0, 0.05) is 24.2 Å². The third kappa shape index (κ3) is 1.77. The number of hydrogen-bond acceptors (Lipinski definition) is 4. The number of ketones is 2. The summed E-state index contributed by atoms with van der Waals surface area (Å²) in [6, 6.07) is 2.12. The molecule has 0 aliphatic heterocycles. The molecule has 0 amide bonds. The topological polar surface area (TPSA) is 78.2 Å². The van der Waals surface area contributed by atoms with E-state index >= 15 is 0 Å². The minimum absolute atomic E-state index is 0.0512. The smallest absolute Gasteiger partial charge is 0.157 e. The largest absolute Gasteiger partial charge is 0.375 e. The van der Waals surface area contributed by atoms with Crippen molar-refractivity contribution in [3.8, 4) is 6.07 Å². The summed E-state index contributed by atoms with van der Waals surface area (Å²) in [5.41, 5.74) is -1.05. The van der Waals surface area contributed by atoms with E-state index < -0.39 is 11.0 Å². The predicted octanol–water partition coefficient (Wildman–Crippen LogP) is 2.95. The molecular formula is C20H25NO3. The molecule has 0 spiro atoms. The third-order valence-electron chi connectivity index (χ3n) is 7.99. The van der Waals surface area contributed by atoms with Gasteiger partial charge in [-0.3, -0.25) is 9.59 Å². The SMILES string of the molecule is C[C@]12CCC(=O)C=C1CCC1C2C(=O)C[C@@]2(C)C1CC[C@]2(O)C#N. The number of carbonyl (C=O) groups excluding carboxylic acids is 2. The zero-order chi connectivity index (χ0) is 17.3. The van der Waals surface area contributed by atoms with Crippen molar-refractivity contribution in [1.82, 2.24) is 0 Å². The van der Waals surface area contributed by atoms with E-state index in [0.717, 1.165) is 31.3 Å². The summed E-state index contributed by atoms with van der Waals surface area (Å²) in [5, 5.41) is 20.3. The van der Waals surface area contributed by atoms with E-state index in [4.69, 9.17) is 0 Å². The van der Waals surface area contributed by atoms with Gasteiger partial charge in [0.15, 0.2) is 11.4 Å². The first-order chi connectivity index (χ1) is 11.2. The van der Waals surface area contributed by atoms with Crippen LogP contribution in [0.25, 0.3) is 0 Å². The molecule has 4 heteroatoms. The minimum Gasteiger partial charge on any atom is -0.375 e. The number of nitrogens with zero attached hydrogens (tertiary/aromatic N) is 1. The van der Waals surface area contributed by atoms with Crippen LogP contribution in [0.2, 0.25) is 0 Å². The Bertz CT molecular complexity index is 704. The Morgan fingerprint density at radius 2 is 1.96 bits per heavy atom. The van der Waals surface area contributed by atoms with Crippen molar-refractivity contribution >= 4 is 11.6 Å². The molecule has 0 aromatic heterocycles. The number of Topliss-reactive ketones (excluding diaryl/α,β-unsaturated/α-hetero) is 1. The second-order valence-corrected chi connectivity index (χ2v) is 8.91. The molecular weight excluding hydrogens is 302 g/mol. The lowest BCUT2D eigenvalue weighted by atomic mass is 9.46. The Balaban J connectivity index is 1.77. The van der Waals surface area contributed by atoms with E-state index in [1.54, 1.807) is 6.08 Å². The molecule has 4 aliphatic carbocycles. The first-order valence-corrected chi connectivity index (χ1v) is 9.15. The maximum Gasteiger partial charge on any atom is 0.157 e. The van der Waals surface area contributed by atoms with Crippen LogP contribution in [-0.4, -0.2) is 22.3 Å². The van der Waals surface area contributed by atoms with E-state index in [-0.39, 0.29) is 34.7 Å². The maximum atomic E-state index is 13.2. The summed E-state index contributed by atoms with van der Waals surface area (Å²) in [5.74, 6) is 0.782. The average molecular weight is 327 g/mol. The summed E-state index contributed by atoms with van der Waals surface area (Å²) < 4.78 is 0. The molecule has 0 saturated heterocycles. The van der Waals surface area contributed by atoms with Crippen molar-refractivity contribution in [2.45, 2.75) is 64.4 Å². The van der Waals surface area contributed by atoms with Crippen molar-refractivity contribution < 1.29 is 14.7 Å². The van der Waals surface area contributed by atoms with Crippen LogP contribution in [0.1, 0.15) is 58.8 Å².